The van der Waals surface area contributed by atoms with Crippen LogP contribution in [-0.4, -0.2) is 23.9 Å². The Morgan fingerprint density at radius 1 is 1.17 bits per heavy atom. The average Bonchev–Trinajstić information content (AvgIpc) is 2.40. The van der Waals surface area contributed by atoms with Crippen molar-refractivity contribution in [2.75, 3.05) is 18.0 Å². The number of pyridine rings is 1. The number of piperidine rings is 1. The minimum absolute atomic E-state index is 0.371. The molecule has 92 valence electrons. The van der Waals surface area contributed by atoms with Crippen molar-refractivity contribution in [3.8, 4) is 0 Å². The van der Waals surface area contributed by atoms with E-state index in [-0.39, 0.29) is 0 Å². The highest BCUT2D eigenvalue weighted by Gasteiger charge is 2.18. The Morgan fingerprint density at radius 2 is 1.94 bits per heavy atom. The van der Waals surface area contributed by atoms with Gasteiger partial charge in [-0.1, -0.05) is 12.1 Å². The number of ketones is 1. The maximum absolute atomic E-state index is 11.3. The lowest BCUT2D eigenvalue weighted by molar-refractivity contribution is -0.119. The van der Waals surface area contributed by atoms with E-state index in [1.54, 1.807) is 0 Å². The Kier molecular flexibility index (Phi) is 2.74. The van der Waals surface area contributed by atoms with E-state index < -0.39 is 0 Å². The number of anilines is 1. The van der Waals surface area contributed by atoms with Crippen LogP contribution in [-0.2, 0) is 4.79 Å². The van der Waals surface area contributed by atoms with Gasteiger partial charge in [0.2, 0.25) is 0 Å². The number of aromatic nitrogens is 1. The minimum Gasteiger partial charge on any atom is -0.369 e. The van der Waals surface area contributed by atoms with Gasteiger partial charge in [-0.3, -0.25) is 9.78 Å². The van der Waals surface area contributed by atoms with Gasteiger partial charge in [0.15, 0.2) is 0 Å². The predicted octanol–water partition coefficient (Wildman–Crippen LogP) is 2.71. The second kappa shape index (κ2) is 4.41. The fraction of sp³-hybridized carbons (Fsp3) is 0.333. The SMILES string of the molecule is Cc1ccnc2c(N3CCC(=O)CC3)cccc12. The molecule has 1 aliphatic rings. The van der Waals surface area contributed by atoms with Gasteiger partial charge < -0.3 is 4.90 Å². The van der Waals surface area contributed by atoms with E-state index in [4.69, 9.17) is 0 Å². The Morgan fingerprint density at radius 3 is 2.72 bits per heavy atom. The standard InChI is InChI=1S/C15H16N2O/c1-11-5-8-16-15-13(11)3-2-4-14(15)17-9-6-12(18)7-10-17/h2-5,8H,6-7,9-10H2,1H3. The minimum atomic E-state index is 0.371. The number of Topliss-reactive ketones (excluding diaryl/α,β-unsaturated/α-hetero) is 1. The zero-order valence-electron chi connectivity index (χ0n) is 10.5. The summed E-state index contributed by atoms with van der Waals surface area (Å²) in [4.78, 5) is 18.1. The van der Waals surface area contributed by atoms with Crippen molar-refractivity contribution in [2.45, 2.75) is 19.8 Å². The van der Waals surface area contributed by atoms with Gasteiger partial charge in [0.05, 0.1) is 11.2 Å². The zero-order chi connectivity index (χ0) is 12.5. The number of fused-ring (bicyclic) bond motifs is 1. The summed E-state index contributed by atoms with van der Waals surface area (Å²) < 4.78 is 0. The van der Waals surface area contributed by atoms with Crippen molar-refractivity contribution in [1.29, 1.82) is 0 Å². The van der Waals surface area contributed by atoms with Gasteiger partial charge >= 0.3 is 0 Å². The van der Waals surface area contributed by atoms with Gasteiger partial charge in [-0.15, -0.1) is 0 Å². The first kappa shape index (κ1) is 11.2. The van der Waals surface area contributed by atoms with Gasteiger partial charge in [-0.05, 0) is 24.6 Å². The molecular weight excluding hydrogens is 224 g/mol. The van der Waals surface area contributed by atoms with Crippen LogP contribution < -0.4 is 4.90 Å². The molecule has 0 radical (unpaired) electrons. The molecule has 0 bridgehead atoms. The number of hydrogen-bond acceptors (Lipinski definition) is 3. The van der Waals surface area contributed by atoms with Crippen LogP contribution in [0.15, 0.2) is 30.5 Å². The Balaban J connectivity index is 2.07. The fourth-order valence-corrected chi connectivity index (χ4v) is 2.55. The van der Waals surface area contributed by atoms with Crippen LogP contribution in [0.3, 0.4) is 0 Å². The van der Waals surface area contributed by atoms with Crippen molar-refractivity contribution in [2.24, 2.45) is 0 Å². The average molecular weight is 240 g/mol. The molecule has 0 atom stereocenters. The summed E-state index contributed by atoms with van der Waals surface area (Å²) in [5, 5.41) is 1.20. The van der Waals surface area contributed by atoms with Gasteiger partial charge in [0.25, 0.3) is 0 Å². The van der Waals surface area contributed by atoms with Gasteiger partial charge in [0.1, 0.15) is 5.78 Å². The van der Waals surface area contributed by atoms with E-state index in [0.717, 1.165) is 24.3 Å². The van der Waals surface area contributed by atoms with Crippen molar-refractivity contribution < 1.29 is 4.79 Å². The van der Waals surface area contributed by atoms with Crippen molar-refractivity contribution in [3.63, 3.8) is 0 Å². The number of nitrogens with zero attached hydrogens (tertiary/aromatic N) is 2. The number of benzene rings is 1. The van der Waals surface area contributed by atoms with Crippen molar-refractivity contribution in [1.82, 2.24) is 4.98 Å². The molecule has 3 rings (SSSR count). The summed E-state index contributed by atoms with van der Waals surface area (Å²) in [5.74, 6) is 0.371. The molecule has 0 saturated carbocycles. The van der Waals surface area contributed by atoms with Crippen molar-refractivity contribution in [3.05, 3.63) is 36.0 Å². The van der Waals surface area contributed by atoms with Crippen LogP contribution in [0.25, 0.3) is 10.9 Å². The summed E-state index contributed by atoms with van der Waals surface area (Å²) in [5.41, 5.74) is 3.45. The molecule has 0 spiro atoms. The van der Waals surface area contributed by atoms with E-state index >= 15 is 0 Å². The number of para-hydroxylation sites is 1. The number of carbonyl (C=O) groups excluding carboxylic acids is 1. The van der Waals surface area contributed by atoms with Gasteiger partial charge in [0, 0.05) is 37.5 Å². The van der Waals surface area contributed by atoms with Crippen LogP contribution in [0.2, 0.25) is 0 Å². The molecule has 1 saturated heterocycles. The third-order valence-electron chi connectivity index (χ3n) is 3.63. The lowest BCUT2D eigenvalue weighted by Crippen LogP contribution is -2.33. The maximum atomic E-state index is 11.3. The fourth-order valence-electron chi connectivity index (χ4n) is 2.55. The largest absolute Gasteiger partial charge is 0.369 e. The summed E-state index contributed by atoms with van der Waals surface area (Å²) in [6.45, 7) is 3.73. The number of hydrogen-bond donors (Lipinski definition) is 0. The molecule has 0 aliphatic carbocycles. The summed E-state index contributed by atoms with van der Waals surface area (Å²) in [6, 6.07) is 8.31. The lowest BCUT2D eigenvalue weighted by Gasteiger charge is -2.28. The smallest absolute Gasteiger partial charge is 0.136 e. The molecule has 18 heavy (non-hydrogen) atoms. The van der Waals surface area contributed by atoms with Crippen LogP contribution in [0.1, 0.15) is 18.4 Å². The molecule has 1 fully saturated rings. The van der Waals surface area contributed by atoms with E-state index in [2.05, 4.69) is 35.0 Å². The third-order valence-corrected chi connectivity index (χ3v) is 3.63. The first-order valence-corrected chi connectivity index (χ1v) is 6.37. The molecule has 1 aromatic heterocycles. The van der Waals surface area contributed by atoms with E-state index in [0.29, 0.717) is 18.6 Å². The summed E-state index contributed by atoms with van der Waals surface area (Å²) >= 11 is 0. The topological polar surface area (TPSA) is 33.2 Å². The second-order valence-electron chi connectivity index (χ2n) is 4.83. The first-order chi connectivity index (χ1) is 8.75. The monoisotopic (exact) mass is 240 g/mol. The quantitative estimate of drug-likeness (QED) is 0.768. The van der Waals surface area contributed by atoms with Crippen LogP contribution in [0, 0.1) is 6.92 Å². The predicted molar refractivity (Wildman–Crippen MR) is 72.9 cm³/mol. The molecule has 1 aliphatic heterocycles. The Bertz CT molecular complexity index is 596. The normalized spacial score (nSPS) is 16.3. The number of rotatable bonds is 1. The lowest BCUT2D eigenvalue weighted by atomic mass is 10.1. The first-order valence-electron chi connectivity index (χ1n) is 6.37. The third kappa shape index (κ3) is 1.86. The molecular formula is C15H16N2O. The molecule has 1 aromatic carbocycles. The van der Waals surface area contributed by atoms with Gasteiger partial charge in [-0.2, -0.15) is 0 Å². The molecule has 2 aromatic rings. The highest BCUT2D eigenvalue weighted by Crippen LogP contribution is 2.28. The Hall–Kier alpha value is -1.90. The highest BCUT2D eigenvalue weighted by molar-refractivity contribution is 5.93. The second-order valence-corrected chi connectivity index (χ2v) is 4.83. The number of carbonyl (C=O) groups is 1. The molecule has 2 heterocycles. The molecule has 0 unspecified atom stereocenters. The molecule has 0 N–H and O–H groups in total. The van der Waals surface area contributed by atoms with E-state index in [1.165, 1.54) is 10.9 Å². The van der Waals surface area contributed by atoms with Gasteiger partial charge in [-0.25, -0.2) is 0 Å². The van der Waals surface area contributed by atoms with Crippen molar-refractivity contribution >= 4 is 22.4 Å². The van der Waals surface area contributed by atoms with E-state index in [1.807, 2.05) is 12.3 Å². The number of aryl methyl sites for hydroxylation is 1. The highest BCUT2D eigenvalue weighted by atomic mass is 16.1. The maximum Gasteiger partial charge on any atom is 0.136 e. The van der Waals surface area contributed by atoms with Crippen LogP contribution >= 0.6 is 0 Å². The summed E-state index contributed by atoms with van der Waals surface area (Å²) in [7, 11) is 0. The zero-order valence-corrected chi connectivity index (χ0v) is 10.5. The van der Waals surface area contributed by atoms with Crippen LogP contribution in [0.5, 0.6) is 0 Å². The molecule has 3 heteroatoms. The summed E-state index contributed by atoms with van der Waals surface area (Å²) in [6.07, 6.45) is 3.17. The van der Waals surface area contributed by atoms with Crippen LogP contribution in [0.4, 0.5) is 5.69 Å². The molecule has 3 nitrogen and oxygen atoms in total. The van der Waals surface area contributed by atoms with E-state index in [9.17, 15) is 4.79 Å². The Labute approximate surface area is 106 Å². The molecule has 0 amide bonds.